The second-order valence-electron chi connectivity index (χ2n) is 2.26. The Balaban J connectivity index is 3.94. The van der Waals surface area contributed by atoms with E-state index in [9.17, 15) is 0 Å². The molecule has 0 aromatic heterocycles. The Kier molecular flexibility index (Phi) is 5.43. The van der Waals surface area contributed by atoms with Gasteiger partial charge in [0.2, 0.25) is 6.17 Å². The highest BCUT2D eigenvalue weighted by Gasteiger charge is 2.16. The fourth-order valence-electron chi connectivity index (χ4n) is 0.799. The first kappa shape index (κ1) is 10.1. The van der Waals surface area contributed by atoms with E-state index >= 15 is 0 Å². The molecule has 0 saturated heterocycles. The van der Waals surface area contributed by atoms with Gasteiger partial charge in [0.15, 0.2) is 0 Å². The van der Waals surface area contributed by atoms with Crippen LogP contribution in [0.15, 0.2) is 38.0 Å². The van der Waals surface area contributed by atoms with Gasteiger partial charge in [-0.1, -0.05) is 19.7 Å². The maximum Gasteiger partial charge on any atom is 0.203 e. The van der Waals surface area contributed by atoms with Crippen LogP contribution in [0.3, 0.4) is 0 Å². The quantitative estimate of drug-likeness (QED) is 0.343. The van der Waals surface area contributed by atoms with Crippen molar-refractivity contribution in [2.45, 2.75) is 6.17 Å². The van der Waals surface area contributed by atoms with Crippen molar-refractivity contribution in [2.75, 3.05) is 13.1 Å². The topological polar surface area (TPSA) is 31.9 Å². The van der Waals surface area contributed by atoms with Gasteiger partial charge < -0.3 is 0 Å². The standard InChI is InChI=1S/C9H16N2/c1-4-7-11(8-5-2)9(10)6-3/h4-6,9H,1-3,7-8,10H2/q+1. The average Bonchev–Trinajstić information content (AvgIpc) is 2.03. The van der Waals surface area contributed by atoms with E-state index in [2.05, 4.69) is 19.7 Å². The predicted octanol–water partition coefficient (Wildman–Crippen LogP) is 0.969. The molecule has 0 saturated carbocycles. The van der Waals surface area contributed by atoms with Crippen molar-refractivity contribution in [1.82, 2.24) is 4.90 Å². The first-order chi connectivity index (χ1) is 5.26. The zero-order valence-corrected chi connectivity index (χ0v) is 6.87. The van der Waals surface area contributed by atoms with Crippen LogP contribution in [-0.2, 0) is 0 Å². The molecule has 1 unspecified atom stereocenters. The van der Waals surface area contributed by atoms with E-state index in [4.69, 9.17) is 5.73 Å². The molecular formula is C9H16N2+. The molecule has 11 heavy (non-hydrogen) atoms. The van der Waals surface area contributed by atoms with Gasteiger partial charge in [-0.3, -0.25) is 5.73 Å². The number of hydrogen-bond donors (Lipinski definition) is 1. The van der Waals surface area contributed by atoms with E-state index < -0.39 is 0 Å². The molecule has 0 aliphatic rings. The molecule has 0 aliphatic heterocycles. The van der Waals surface area contributed by atoms with Crippen molar-refractivity contribution in [2.24, 2.45) is 5.73 Å². The van der Waals surface area contributed by atoms with E-state index in [0.717, 1.165) is 13.1 Å². The van der Waals surface area contributed by atoms with E-state index in [-0.39, 0.29) is 6.17 Å². The van der Waals surface area contributed by atoms with Gasteiger partial charge in [-0.25, -0.2) is 0 Å². The second kappa shape index (κ2) is 5.89. The van der Waals surface area contributed by atoms with Gasteiger partial charge in [0.25, 0.3) is 0 Å². The molecule has 0 fully saturated rings. The molecule has 0 aromatic carbocycles. The molecule has 0 rings (SSSR count). The number of hydrogen-bond acceptors (Lipinski definition) is 2. The summed E-state index contributed by atoms with van der Waals surface area (Å²) in [4.78, 5) is 2.01. The highest BCUT2D eigenvalue weighted by Crippen LogP contribution is 1.90. The molecule has 2 N–H and O–H groups in total. The van der Waals surface area contributed by atoms with Crippen LogP contribution in [-0.4, -0.2) is 19.3 Å². The monoisotopic (exact) mass is 152 g/mol. The summed E-state index contributed by atoms with van der Waals surface area (Å²) in [6.07, 6.45) is 5.22. The zero-order chi connectivity index (χ0) is 8.69. The van der Waals surface area contributed by atoms with Crippen LogP contribution in [0.5, 0.6) is 0 Å². The average molecular weight is 152 g/mol. The third-order valence-corrected chi connectivity index (χ3v) is 1.39. The molecule has 0 amide bonds. The summed E-state index contributed by atoms with van der Waals surface area (Å²) in [5, 5.41) is 0. The summed E-state index contributed by atoms with van der Waals surface area (Å²) in [6, 6.07) is 0. The Morgan fingerprint density at radius 3 is 1.91 bits per heavy atom. The first-order valence-electron chi connectivity index (χ1n) is 3.60. The van der Waals surface area contributed by atoms with Crippen LogP contribution in [0, 0.1) is 0 Å². The number of rotatable bonds is 6. The summed E-state index contributed by atoms with van der Waals surface area (Å²) >= 11 is 0. The molecular weight excluding hydrogens is 136 g/mol. The Bertz CT molecular complexity index is 130. The molecule has 61 valence electrons. The Hall–Kier alpha value is -0.860. The van der Waals surface area contributed by atoms with Crippen LogP contribution in [0.1, 0.15) is 0 Å². The van der Waals surface area contributed by atoms with Gasteiger partial charge in [-0.15, -0.1) is 4.90 Å². The highest BCUT2D eigenvalue weighted by molar-refractivity contribution is 4.93. The second-order valence-corrected chi connectivity index (χ2v) is 2.26. The van der Waals surface area contributed by atoms with Gasteiger partial charge in [-0.05, 0) is 18.2 Å². The summed E-state index contributed by atoms with van der Waals surface area (Å²) in [7, 11) is 0. The van der Waals surface area contributed by atoms with Gasteiger partial charge in [0, 0.05) is 0 Å². The Morgan fingerprint density at radius 1 is 1.18 bits per heavy atom. The van der Waals surface area contributed by atoms with Crippen molar-refractivity contribution >= 4 is 0 Å². The minimum Gasteiger partial charge on any atom is -0.274 e. The van der Waals surface area contributed by atoms with Gasteiger partial charge in [0.1, 0.15) is 13.1 Å². The lowest BCUT2D eigenvalue weighted by Gasteiger charge is -2.12. The van der Waals surface area contributed by atoms with Gasteiger partial charge >= 0.3 is 0 Å². The molecule has 1 atom stereocenters. The maximum atomic E-state index is 5.70. The summed E-state index contributed by atoms with van der Waals surface area (Å²) in [5.41, 5.74) is 5.70. The molecule has 2 nitrogen and oxygen atoms in total. The minimum atomic E-state index is -0.106. The van der Waals surface area contributed by atoms with Crippen LogP contribution in [0.4, 0.5) is 0 Å². The van der Waals surface area contributed by atoms with Crippen molar-refractivity contribution in [1.29, 1.82) is 0 Å². The van der Waals surface area contributed by atoms with Crippen molar-refractivity contribution < 1.29 is 0 Å². The third kappa shape index (κ3) is 3.75. The third-order valence-electron chi connectivity index (χ3n) is 1.39. The number of nitrogens with two attached hydrogens (primary N) is 1. The van der Waals surface area contributed by atoms with Gasteiger partial charge in [0.05, 0.1) is 0 Å². The molecule has 0 aromatic rings. The summed E-state index contributed by atoms with van der Waals surface area (Å²) in [5.74, 6) is 0. The normalized spacial score (nSPS) is 12.5. The fraction of sp³-hybridized carbons (Fsp3) is 0.333. The molecule has 1 radical (unpaired) electrons. The molecule has 0 bridgehead atoms. The maximum absolute atomic E-state index is 5.70. The zero-order valence-electron chi connectivity index (χ0n) is 6.87. The highest BCUT2D eigenvalue weighted by atomic mass is 15.2. The molecule has 0 aliphatic carbocycles. The lowest BCUT2D eigenvalue weighted by Crippen LogP contribution is -2.45. The Morgan fingerprint density at radius 2 is 1.64 bits per heavy atom. The van der Waals surface area contributed by atoms with E-state index in [1.807, 2.05) is 17.1 Å². The predicted molar refractivity (Wildman–Crippen MR) is 50.4 cm³/mol. The van der Waals surface area contributed by atoms with Gasteiger partial charge in [-0.2, -0.15) is 0 Å². The Labute approximate surface area is 68.7 Å². The summed E-state index contributed by atoms with van der Waals surface area (Å²) < 4.78 is 0. The van der Waals surface area contributed by atoms with Crippen LogP contribution in [0.2, 0.25) is 0 Å². The van der Waals surface area contributed by atoms with E-state index in [1.54, 1.807) is 6.08 Å². The van der Waals surface area contributed by atoms with Crippen molar-refractivity contribution in [3.05, 3.63) is 38.0 Å². The van der Waals surface area contributed by atoms with Crippen LogP contribution in [0.25, 0.3) is 0 Å². The molecule has 0 heterocycles. The van der Waals surface area contributed by atoms with Crippen LogP contribution >= 0.6 is 0 Å². The van der Waals surface area contributed by atoms with Crippen molar-refractivity contribution in [3.8, 4) is 0 Å². The number of nitrogens with zero attached hydrogens (tertiary/aromatic N) is 1. The first-order valence-corrected chi connectivity index (χ1v) is 3.60. The van der Waals surface area contributed by atoms with Crippen LogP contribution < -0.4 is 10.6 Å². The van der Waals surface area contributed by atoms with E-state index in [1.165, 1.54) is 0 Å². The molecule has 0 spiro atoms. The lowest BCUT2D eigenvalue weighted by atomic mass is 10.3. The largest absolute Gasteiger partial charge is 0.274 e. The SMILES string of the molecule is C=CC[N+](CC=C)C(N)C=C. The lowest BCUT2D eigenvalue weighted by molar-refractivity contribution is 0.425. The smallest absolute Gasteiger partial charge is 0.203 e. The summed E-state index contributed by atoms with van der Waals surface area (Å²) in [6.45, 7) is 12.4. The molecule has 2 heteroatoms. The fourth-order valence-corrected chi connectivity index (χ4v) is 0.799. The van der Waals surface area contributed by atoms with Crippen molar-refractivity contribution in [3.63, 3.8) is 0 Å². The minimum absolute atomic E-state index is 0.106. The van der Waals surface area contributed by atoms with E-state index in [0.29, 0.717) is 0 Å².